The van der Waals surface area contributed by atoms with Crippen LogP contribution in [-0.2, 0) is 23.2 Å². The van der Waals surface area contributed by atoms with E-state index in [0.29, 0.717) is 17.5 Å². The summed E-state index contributed by atoms with van der Waals surface area (Å²) >= 11 is 5.91. The van der Waals surface area contributed by atoms with Crippen molar-refractivity contribution in [2.45, 2.75) is 17.1 Å². The van der Waals surface area contributed by atoms with Gasteiger partial charge in [-0.3, -0.25) is 0 Å². The molecule has 1 N–H and O–H groups in total. The van der Waals surface area contributed by atoms with Crippen LogP contribution >= 0.6 is 11.6 Å². The molecule has 0 amide bonds. The Balaban J connectivity index is 2.07. The molecule has 0 saturated heterocycles. The summed E-state index contributed by atoms with van der Waals surface area (Å²) in [6.45, 7) is 0. The van der Waals surface area contributed by atoms with E-state index in [1.54, 1.807) is 48.1 Å². The normalized spacial score (nSPS) is 13.5. The maximum absolute atomic E-state index is 13.0. The molecule has 0 fully saturated rings. The number of hydrogen-bond donors (Lipinski definition) is 1. The van der Waals surface area contributed by atoms with E-state index in [-0.39, 0.29) is 5.02 Å². The minimum Gasteiger partial charge on any atom is -0.336 e. The molecule has 0 aliphatic carbocycles. The zero-order chi connectivity index (χ0) is 20.5. The standard InChI is InChI=1S/C18H15ClF3N3O2S/c1-25-10-9-23-17(25)16(12-5-3-2-4-6-12)24-28(26,27)15-11-13(18(20,21)22)7-8-14(15)19/h2-11,16,24H,1H3/t16-/m1/s1. The van der Waals surface area contributed by atoms with Crippen molar-refractivity contribution in [2.75, 3.05) is 0 Å². The summed E-state index contributed by atoms with van der Waals surface area (Å²) in [5.74, 6) is 0.373. The van der Waals surface area contributed by atoms with Crippen LogP contribution in [0.2, 0.25) is 5.02 Å². The van der Waals surface area contributed by atoms with E-state index in [1.165, 1.54) is 6.20 Å². The number of imidazole rings is 1. The lowest BCUT2D eigenvalue weighted by Crippen LogP contribution is -2.31. The van der Waals surface area contributed by atoms with E-state index in [4.69, 9.17) is 11.6 Å². The number of benzene rings is 2. The lowest BCUT2D eigenvalue weighted by Gasteiger charge is -2.20. The summed E-state index contributed by atoms with van der Waals surface area (Å²) in [5, 5.41) is -0.313. The topological polar surface area (TPSA) is 64.0 Å². The number of alkyl halides is 3. The molecule has 10 heteroatoms. The first kappa shape index (κ1) is 20.4. The van der Waals surface area contributed by atoms with Gasteiger partial charge >= 0.3 is 6.18 Å². The molecule has 148 valence electrons. The Morgan fingerprint density at radius 2 is 1.82 bits per heavy atom. The zero-order valence-corrected chi connectivity index (χ0v) is 16.1. The first-order valence-electron chi connectivity index (χ1n) is 8.01. The van der Waals surface area contributed by atoms with Crippen LogP contribution in [0.5, 0.6) is 0 Å². The van der Waals surface area contributed by atoms with Crippen molar-refractivity contribution in [1.82, 2.24) is 14.3 Å². The molecule has 0 aliphatic rings. The smallest absolute Gasteiger partial charge is 0.336 e. The van der Waals surface area contributed by atoms with Crippen LogP contribution in [0.25, 0.3) is 0 Å². The van der Waals surface area contributed by atoms with Crippen LogP contribution in [0.3, 0.4) is 0 Å². The maximum Gasteiger partial charge on any atom is 0.416 e. The largest absolute Gasteiger partial charge is 0.416 e. The molecule has 2 aromatic carbocycles. The van der Waals surface area contributed by atoms with Crippen molar-refractivity contribution in [3.63, 3.8) is 0 Å². The number of nitrogens with one attached hydrogen (secondary N) is 1. The van der Waals surface area contributed by atoms with Crippen molar-refractivity contribution in [3.8, 4) is 0 Å². The van der Waals surface area contributed by atoms with E-state index < -0.39 is 32.7 Å². The second kappa shape index (κ2) is 7.57. The number of aryl methyl sites for hydroxylation is 1. The molecule has 1 heterocycles. The Morgan fingerprint density at radius 3 is 2.39 bits per heavy atom. The summed E-state index contributed by atoms with van der Waals surface area (Å²) in [4.78, 5) is 3.52. The minimum absolute atomic E-state index is 0.313. The van der Waals surface area contributed by atoms with Gasteiger partial charge in [0, 0.05) is 19.4 Å². The third-order valence-electron chi connectivity index (χ3n) is 4.07. The van der Waals surface area contributed by atoms with Gasteiger partial charge in [0.05, 0.1) is 10.6 Å². The molecule has 28 heavy (non-hydrogen) atoms. The second-order valence-electron chi connectivity index (χ2n) is 6.00. The van der Waals surface area contributed by atoms with E-state index in [0.717, 1.165) is 12.1 Å². The van der Waals surface area contributed by atoms with Crippen LogP contribution in [0.15, 0.2) is 65.8 Å². The highest BCUT2D eigenvalue weighted by Gasteiger charge is 2.34. The Kier molecular flexibility index (Phi) is 5.51. The minimum atomic E-state index is -4.70. The fourth-order valence-corrected chi connectivity index (χ4v) is 4.38. The monoisotopic (exact) mass is 429 g/mol. The van der Waals surface area contributed by atoms with Crippen molar-refractivity contribution < 1.29 is 21.6 Å². The lowest BCUT2D eigenvalue weighted by atomic mass is 10.1. The van der Waals surface area contributed by atoms with Crippen LogP contribution in [0.1, 0.15) is 23.0 Å². The third-order valence-corrected chi connectivity index (χ3v) is 5.98. The molecule has 3 aromatic rings. The number of aromatic nitrogens is 2. The molecule has 1 aromatic heterocycles. The quantitative estimate of drug-likeness (QED) is 0.662. The second-order valence-corrected chi connectivity index (χ2v) is 8.09. The summed E-state index contributed by atoms with van der Waals surface area (Å²) in [7, 11) is -2.71. The first-order valence-corrected chi connectivity index (χ1v) is 9.87. The van der Waals surface area contributed by atoms with Crippen LogP contribution in [0, 0.1) is 0 Å². The Labute approximate surface area is 164 Å². The average molecular weight is 430 g/mol. The number of halogens is 4. The van der Waals surface area contributed by atoms with Crippen LogP contribution < -0.4 is 4.72 Å². The molecule has 1 atom stereocenters. The summed E-state index contributed by atoms with van der Waals surface area (Å²) in [6, 6.07) is 9.82. The van der Waals surface area contributed by atoms with E-state index >= 15 is 0 Å². The van der Waals surface area contributed by atoms with Gasteiger partial charge in [-0.1, -0.05) is 41.9 Å². The molecular formula is C18H15ClF3N3O2S. The highest BCUT2D eigenvalue weighted by molar-refractivity contribution is 7.89. The Hall–Kier alpha value is -2.36. The van der Waals surface area contributed by atoms with Crippen molar-refractivity contribution >= 4 is 21.6 Å². The molecule has 0 bridgehead atoms. The van der Waals surface area contributed by atoms with Crippen LogP contribution in [-0.4, -0.2) is 18.0 Å². The zero-order valence-electron chi connectivity index (χ0n) is 14.5. The van der Waals surface area contributed by atoms with Gasteiger partial charge in [0.2, 0.25) is 10.0 Å². The molecule has 5 nitrogen and oxygen atoms in total. The van der Waals surface area contributed by atoms with Gasteiger partial charge in [-0.2, -0.15) is 17.9 Å². The van der Waals surface area contributed by atoms with Gasteiger partial charge in [0.15, 0.2) is 0 Å². The number of rotatable bonds is 5. The SMILES string of the molecule is Cn1ccnc1[C@H](NS(=O)(=O)c1cc(C(F)(F)F)ccc1Cl)c1ccccc1. The van der Waals surface area contributed by atoms with E-state index in [2.05, 4.69) is 9.71 Å². The van der Waals surface area contributed by atoms with Gasteiger partial charge in [0.1, 0.15) is 16.8 Å². The summed E-state index contributed by atoms with van der Waals surface area (Å²) in [5.41, 5.74) is -0.533. The molecule has 0 aliphatic heterocycles. The predicted octanol–water partition coefficient (Wildman–Crippen LogP) is 4.16. The molecule has 0 spiro atoms. The van der Waals surface area contributed by atoms with E-state index in [9.17, 15) is 21.6 Å². The molecule has 3 rings (SSSR count). The maximum atomic E-state index is 13.0. The molecule has 0 radical (unpaired) electrons. The summed E-state index contributed by atoms with van der Waals surface area (Å²) in [6.07, 6.45) is -1.57. The van der Waals surface area contributed by atoms with Gasteiger partial charge < -0.3 is 4.57 Å². The van der Waals surface area contributed by atoms with Crippen molar-refractivity contribution in [3.05, 3.63) is 82.9 Å². The van der Waals surface area contributed by atoms with Gasteiger partial charge in [-0.15, -0.1) is 0 Å². The number of sulfonamides is 1. The Morgan fingerprint density at radius 1 is 1.14 bits per heavy atom. The number of hydrogen-bond acceptors (Lipinski definition) is 3. The van der Waals surface area contributed by atoms with Crippen molar-refractivity contribution in [2.24, 2.45) is 7.05 Å². The first-order chi connectivity index (χ1) is 13.1. The molecule has 0 saturated carbocycles. The fourth-order valence-electron chi connectivity index (χ4n) is 2.67. The van der Waals surface area contributed by atoms with Gasteiger partial charge in [-0.25, -0.2) is 13.4 Å². The predicted molar refractivity (Wildman–Crippen MR) is 98.3 cm³/mol. The molecular weight excluding hydrogens is 415 g/mol. The fraction of sp³-hybridized carbons (Fsp3) is 0.167. The summed E-state index contributed by atoms with van der Waals surface area (Å²) < 4.78 is 68.9. The van der Waals surface area contributed by atoms with Crippen molar-refractivity contribution in [1.29, 1.82) is 0 Å². The van der Waals surface area contributed by atoms with Gasteiger partial charge in [0.25, 0.3) is 0 Å². The highest BCUT2D eigenvalue weighted by Crippen LogP contribution is 2.34. The lowest BCUT2D eigenvalue weighted by molar-refractivity contribution is -0.137. The highest BCUT2D eigenvalue weighted by atomic mass is 35.5. The van der Waals surface area contributed by atoms with Crippen LogP contribution in [0.4, 0.5) is 13.2 Å². The Bertz CT molecular complexity index is 1080. The third kappa shape index (κ3) is 4.21. The average Bonchev–Trinajstić information content (AvgIpc) is 3.05. The van der Waals surface area contributed by atoms with E-state index in [1.807, 2.05) is 0 Å². The number of nitrogens with zero attached hydrogens (tertiary/aromatic N) is 2. The van der Waals surface area contributed by atoms with Gasteiger partial charge in [-0.05, 0) is 23.8 Å². The molecule has 0 unspecified atom stereocenters.